The average Bonchev–Trinajstić information content (AvgIpc) is 2.65. The first-order valence-corrected chi connectivity index (χ1v) is 7.87. The number of carbonyl (C=O) groups excluding carboxylic acids is 1. The van der Waals surface area contributed by atoms with Crippen LogP contribution in [0.2, 0.25) is 0 Å². The number of hydrogen-bond donors (Lipinski definition) is 1. The number of aromatic hydroxyl groups is 1. The van der Waals surface area contributed by atoms with Gasteiger partial charge in [-0.25, -0.2) is 4.79 Å². The molecule has 0 fully saturated rings. The summed E-state index contributed by atoms with van der Waals surface area (Å²) in [7, 11) is 0. The highest BCUT2D eigenvalue weighted by Crippen LogP contribution is 2.64. The van der Waals surface area contributed by atoms with Crippen LogP contribution in [0.25, 0.3) is 0 Å². The van der Waals surface area contributed by atoms with Gasteiger partial charge in [0.25, 0.3) is 0 Å². The molecular weight excluding hydrogens is 551 g/mol. The van der Waals surface area contributed by atoms with Crippen molar-refractivity contribution >= 4 is 5.97 Å². The number of rotatable bonds is 7. The summed E-state index contributed by atoms with van der Waals surface area (Å²) in [6.07, 6.45) is -15.6. The van der Waals surface area contributed by atoms with E-state index in [1.165, 1.54) is 0 Å². The molecule has 0 aromatic heterocycles. The van der Waals surface area contributed by atoms with Crippen LogP contribution in [0.15, 0.2) is 24.3 Å². The molecule has 0 spiro atoms. The molecule has 0 amide bonds. The predicted octanol–water partition coefficient (Wildman–Crippen LogP) is 6.52. The summed E-state index contributed by atoms with van der Waals surface area (Å²) in [5.41, 5.74) is -1.48. The fourth-order valence-corrected chi connectivity index (χ4v) is 2.06. The first-order valence-electron chi connectivity index (χ1n) is 7.87. The predicted molar refractivity (Wildman–Crippen MR) is 74.2 cm³/mol. The number of hydrogen-bond acceptors (Lipinski definition) is 3. The van der Waals surface area contributed by atoms with Crippen LogP contribution in [0.4, 0.5) is 74.6 Å². The van der Waals surface area contributed by atoms with Crippen molar-refractivity contribution in [2.75, 3.05) is 0 Å². The Labute approximate surface area is 180 Å². The molecule has 0 aliphatic rings. The molecule has 0 aliphatic carbocycles. The topological polar surface area (TPSA) is 46.5 Å². The van der Waals surface area contributed by atoms with Crippen molar-refractivity contribution in [1.82, 2.24) is 0 Å². The van der Waals surface area contributed by atoms with E-state index in [9.17, 15) is 79.4 Å². The summed E-state index contributed by atoms with van der Waals surface area (Å²) >= 11 is 0. The van der Waals surface area contributed by atoms with Crippen molar-refractivity contribution < 1.29 is 89.3 Å². The Morgan fingerprint density at radius 3 is 1.23 bits per heavy atom. The Bertz CT molecular complexity index is 932. The summed E-state index contributed by atoms with van der Waals surface area (Å²) in [4.78, 5) is 11.5. The molecule has 0 aliphatic heterocycles. The molecule has 3 nitrogen and oxygen atoms in total. The van der Waals surface area contributed by atoms with Gasteiger partial charge in [0.05, 0.1) is 5.56 Å². The third kappa shape index (κ3) is 4.27. The summed E-state index contributed by atoms with van der Waals surface area (Å²) in [5, 5.41) is 8.90. The van der Waals surface area contributed by atoms with Crippen molar-refractivity contribution in [3.05, 3.63) is 29.8 Å². The molecule has 0 saturated carbocycles. The zero-order valence-corrected chi connectivity index (χ0v) is 15.5. The highest BCUT2D eigenvalue weighted by Gasteiger charge is 2.96. The monoisotopic (exact) mass is 556 g/mol. The maximum Gasteiger partial charge on any atom is 0.467 e. The zero-order chi connectivity index (χ0) is 28.3. The number of ether oxygens (including phenoxy) is 1. The van der Waals surface area contributed by atoms with Crippen LogP contribution in [0.5, 0.6) is 5.75 Å². The van der Waals surface area contributed by atoms with E-state index in [4.69, 9.17) is 5.11 Å². The van der Waals surface area contributed by atoms with Crippen LogP contribution in [-0.2, 0) is 4.74 Å². The van der Waals surface area contributed by atoms with E-state index in [-0.39, 0.29) is 12.1 Å². The Balaban J connectivity index is 3.73. The van der Waals surface area contributed by atoms with Crippen molar-refractivity contribution in [1.29, 1.82) is 0 Å². The molecule has 20 heteroatoms. The van der Waals surface area contributed by atoms with E-state index in [0.29, 0.717) is 12.1 Å². The number of esters is 1. The number of carbonyl (C=O) groups is 1. The van der Waals surface area contributed by atoms with Gasteiger partial charge in [-0.2, -0.15) is 74.6 Å². The van der Waals surface area contributed by atoms with Gasteiger partial charge >= 0.3 is 53.8 Å². The number of phenols is 1. The van der Waals surface area contributed by atoms with Gasteiger partial charge in [0, 0.05) is 0 Å². The molecule has 202 valence electrons. The van der Waals surface area contributed by atoms with Crippen molar-refractivity contribution in [3.63, 3.8) is 0 Å². The van der Waals surface area contributed by atoms with E-state index >= 15 is 0 Å². The first kappa shape index (κ1) is 30.3. The molecule has 1 atom stereocenters. The summed E-state index contributed by atoms with van der Waals surface area (Å²) in [6.45, 7) is 0. The second-order valence-electron chi connectivity index (χ2n) is 6.40. The fourth-order valence-electron chi connectivity index (χ4n) is 2.06. The standard InChI is InChI=1S/C15H5F17O3/c16-8(17,10(20,21)12(24,25)14(27,28)29)9(18,19)11(22,23)13(26,15(30,31)32)35-7(34)5-1-3-6(33)4-2-5/h1-4,33H. The van der Waals surface area contributed by atoms with Gasteiger partial charge in [0.1, 0.15) is 5.75 Å². The zero-order valence-electron chi connectivity index (χ0n) is 15.5. The number of phenolic OH excluding ortho intramolecular Hbond substituents is 1. The molecule has 35 heavy (non-hydrogen) atoms. The largest absolute Gasteiger partial charge is 0.508 e. The Morgan fingerprint density at radius 1 is 0.543 bits per heavy atom. The van der Waals surface area contributed by atoms with Gasteiger partial charge in [0.2, 0.25) is 0 Å². The summed E-state index contributed by atoms with van der Waals surface area (Å²) in [6, 6.07) is 1.09. The molecule has 0 heterocycles. The third-order valence-corrected chi connectivity index (χ3v) is 4.04. The van der Waals surface area contributed by atoms with Crippen LogP contribution < -0.4 is 0 Å². The first-order chi connectivity index (χ1) is 15.1. The maximum atomic E-state index is 14.2. The van der Waals surface area contributed by atoms with Crippen molar-refractivity contribution in [3.8, 4) is 5.75 Å². The fraction of sp³-hybridized carbons (Fsp3) is 0.533. The number of benzene rings is 1. The lowest BCUT2D eigenvalue weighted by Crippen LogP contribution is -2.75. The lowest BCUT2D eigenvalue weighted by Gasteiger charge is -2.43. The molecule has 1 unspecified atom stereocenters. The minimum Gasteiger partial charge on any atom is -0.508 e. The van der Waals surface area contributed by atoms with E-state index in [2.05, 4.69) is 4.74 Å². The Kier molecular flexibility index (Phi) is 7.08. The molecule has 1 aromatic carbocycles. The number of halogens is 17. The maximum absolute atomic E-state index is 14.2. The highest BCUT2D eigenvalue weighted by molar-refractivity contribution is 5.89. The quantitative estimate of drug-likeness (QED) is 0.308. The molecule has 1 rings (SSSR count). The third-order valence-electron chi connectivity index (χ3n) is 4.04. The average molecular weight is 556 g/mol. The van der Waals surface area contributed by atoms with Crippen LogP contribution in [-0.4, -0.2) is 58.9 Å². The van der Waals surface area contributed by atoms with Crippen LogP contribution >= 0.6 is 0 Å². The van der Waals surface area contributed by atoms with Crippen LogP contribution in [0.1, 0.15) is 10.4 Å². The van der Waals surface area contributed by atoms with Gasteiger partial charge in [-0.15, -0.1) is 0 Å². The minimum absolute atomic E-state index is 0.164. The molecule has 0 saturated heterocycles. The van der Waals surface area contributed by atoms with Gasteiger partial charge in [-0.05, 0) is 24.3 Å². The lowest BCUT2D eigenvalue weighted by molar-refractivity contribution is -0.476. The van der Waals surface area contributed by atoms with Gasteiger partial charge < -0.3 is 9.84 Å². The van der Waals surface area contributed by atoms with E-state index in [0.717, 1.165) is 0 Å². The van der Waals surface area contributed by atoms with E-state index < -0.39 is 65.1 Å². The summed E-state index contributed by atoms with van der Waals surface area (Å²) < 4.78 is 225. The number of alkyl halides is 17. The second-order valence-corrected chi connectivity index (χ2v) is 6.40. The Morgan fingerprint density at radius 2 is 0.886 bits per heavy atom. The van der Waals surface area contributed by atoms with Crippen LogP contribution in [0.3, 0.4) is 0 Å². The SMILES string of the molecule is O=C(OC(F)(C(F)(F)F)C(F)(F)C(F)(F)C(F)(F)C(F)(F)C(F)(F)C(F)(F)F)c1ccc(O)cc1. The Hall–Kier alpha value is -2.70. The lowest BCUT2D eigenvalue weighted by atomic mass is 9.90. The van der Waals surface area contributed by atoms with Gasteiger partial charge in [-0.3, -0.25) is 0 Å². The smallest absolute Gasteiger partial charge is 0.467 e. The van der Waals surface area contributed by atoms with E-state index in [1.54, 1.807) is 0 Å². The second kappa shape index (κ2) is 8.17. The van der Waals surface area contributed by atoms with Crippen molar-refractivity contribution in [2.24, 2.45) is 0 Å². The highest BCUT2D eigenvalue weighted by atomic mass is 19.4. The van der Waals surface area contributed by atoms with Gasteiger partial charge in [-0.1, -0.05) is 0 Å². The molecular formula is C15H5F17O3. The van der Waals surface area contributed by atoms with Crippen LogP contribution in [0, 0.1) is 0 Å². The van der Waals surface area contributed by atoms with Gasteiger partial charge in [0.15, 0.2) is 0 Å². The van der Waals surface area contributed by atoms with E-state index in [1.807, 2.05) is 0 Å². The molecule has 0 radical (unpaired) electrons. The molecule has 1 aromatic rings. The molecule has 0 bridgehead atoms. The normalized spacial score (nSPS) is 16.6. The minimum atomic E-state index is -8.77. The van der Waals surface area contributed by atoms with Crippen molar-refractivity contribution in [2.45, 2.75) is 47.8 Å². The molecule has 1 N–H and O–H groups in total. The summed E-state index contributed by atoms with van der Waals surface area (Å²) in [5.74, 6) is -54.4.